The average molecular weight is 403 g/mol. The van der Waals surface area contributed by atoms with Crippen LogP contribution in [-0.2, 0) is 9.59 Å². The van der Waals surface area contributed by atoms with Gasteiger partial charge in [0.2, 0.25) is 11.8 Å². The summed E-state index contributed by atoms with van der Waals surface area (Å²) in [6.07, 6.45) is 1.89. The van der Waals surface area contributed by atoms with Crippen LogP contribution < -0.4 is 5.32 Å². The van der Waals surface area contributed by atoms with Gasteiger partial charge in [-0.15, -0.1) is 11.3 Å². The minimum Gasteiger partial charge on any atom is -0.350 e. The zero-order chi connectivity index (χ0) is 20.3. The number of likely N-dealkylation sites (tertiary alicyclic amines) is 1. The number of fused-ring (bicyclic) bond motifs is 1. The van der Waals surface area contributed by atoms with Crippen molar-refractivity contribution in [2.24, 2.45) is 0 Å². The van der Waals surface area contributed by atoms with Crippen molar-refractivity contribution in [3.8, 4) is 0 Å². The molecule has 7 heteroatoms. The van der Waals surface area contributed by atoms with Crippen molar-refractivity contribution in [3.63, 3.8) is 0 Å². The largest absolute Gasteiger partial charge is 0.350 e. The lowest BCUT2D eigenvalue weighted by atomic mass is 9.97. The summed E-state index contributed by atoms with van der Waals surface area (Å²) >= 11 is 1.77. The molecule has 152 valence electrons. The van der Waals surface area contributed by atoms with E-state index in [1.54, 1.807) is 16.2 Å². The molecule has 0 radical (unpaired) electrons. The molecule has 0 atom stereocenters. The summed E-state index contributed by atoms with van der Waals surface area (Å²) in [4.78, 5) is 33.1. The highest BCUT2D eigenvalue weighted by atomic mass is 32.1. The van der Waals surface area contributed by atoms with Gasteiger partial charge in [0.25, 0.3) is 0 Å². The first-order valence-corrected chi connectivity index (χ1v) is 10.7. The molecule has 0 spiro atoms. The second-order valence-electron chi connectivity index (χ2n) is 8.65. The summed E-state index contributed by atoms with van der Waals surface area (Å²) < 4.78 is 1.23. The van der Waals surface area contributed by atoms with E-state index in [0.717, 1.165) is 31.4 Å². The second-order valence-corrected chi connectivity index (χ2v) is 9.71. The van der Waals surface area contributed by atoms with E-state index < -0.39 is 0 Å². The zero-order valence-electron chi connectivity index (χ0n) is 17.2. The number of carbonyl (C=O) groups excluding carboxylic acids is 2. The third kappa shape index (κ3) is 5.52. The molecular weight excluding hydrogens is 372 g/mol. The van der Waals surface area contributed by atoms with Crippen LogP contribution in [0, 0.1) is 0 Å². The highest BCUT2D eigenvalue weighted by Gasteiger charge is 2.26. The number of hydrogen-bond donors (Lipinski definition) is 1. The van der Waals surface area contributed by atoms with Gasteiger partial charge in [0.05, 0.1) is 28.3 Å². The fourth-order valence-electron chi connectivity index (χ4n) is 3.53. The molecule has 2 amide bonds. The van der Waals surface area contributed by atoms with Crippen LogP contribution in [0.4, 0.5) is 0 Å². The summed E-state index contributed by atoms with van der Waals surface area (Å²) in [5, 5.41) is 4.11. The fraction of sp³-hybridized carbons (Fsp3) is 0.571. The topological polar surface area (TPSA) is 65.5 Å². The normalized spacial score (nSPS) is 16.0. The lowest BCUT2D eigenvalue weighted by Gasteiger charge is -2.32. The van der Waals surface area contributed by atoms with Gasteiger partial charge in [-0.3, -0.25) is 14.5 Å². The van der Waals surface area contributed by atoms with Crippen molar-refractivity contribution < 1.29 is 9.59 Å². The number of thiazole rings is 1. The lowest BCUT2D eigenvalue weighted by molar-refractivity contribution is -0.133. The van der Waals surface area contributed by atoms with Crippen molar-refractivity contribution in [2.45, 2.75) is 45.1 Å². The maximum atomic E-state index is 12.6. The summed E-state index contributed by atoms with van der Waals surface area (Å²) in [5.74, 6) is 0.461. The maximum Gasteiger partial charge on any atom is 0.236 e. The molecule has 1 aliphatic rings. The Morgan fingerprint density at radius 1 is 1.21 bits per heavy atom. The third-order valence-corrected chi connectivity index (χ3v) is 6.04. The van der Waals surface area contributed by atoms with Crippen molar-refractivity contribution in [2.75, 3.05) is 33.2 Å². The van der Waals surface area contributed by atoms with E-state index in [2.05, 4.69) is 17.4 Å². The SMILES string of the molecule is CN(CC(=O)NC(C)(C)C)CC(=O)N1CCC(c2nc3ccccc3s2)CC1. The molecule has 1 aliphatic heterocycles. The summed E-state index contributed by atoms with van der Waals surface area (Å²) in [5.41, 5.74) is 0.806. The zero-order valence-corrected chi connectivity index (χ0v) is 18.0. The number of para-hydroxylation sites is 1. The van der Waals surface area contributed by atoms with Gasteiger partial charge < -0.3 is 10.2 Å². The molecule has 1 aromatic carbocycles. The standard InChI is InChI=1S/C21H30N4O2S/c1-21(2,3)23-18(26)13-24(4)14-19(27)25-11-9-15(10-12-25)20-22-16-7-5-6-8-17(16)28-20/h5-8,15H,9-14H2,1-4H3,(H,23,26). The number of piperidine rings is 1. The molecule has 3 rings (SSSR count). The Bertz CT molecular complexity index is 801. The van der Waals surface area contributed by atoms with Crippen molar-refractivity contribution in [1.82, 2.24) is 20.1 Å². The van der Waals surface area contributed by atoms with Crippen LogP contribution in [0.5, 0.6) is 0 Å². The van der Waals surface area contributed by atoms with E-state index in [1.807, 2.05) is 44.9 Å². The minimum absolute atomic E-state index is 0.0580. The quantitative estimate of drug-likeness (QED) is 0.835. The first kappa shape index (κ1) is 20.7. The van der Waals surface area contributed by atoms with Crippen LogP contribution in [-0.4, -0.2) is 65.4 Å². The first-order chi connectivity index (χ1) is 13.2. The summed E-state index contributed by atoms with van der Waals surface area (Å²) in [6.45, 7) is 7.85. The van der Waals surface area contributed by atoms with Crippen LogP contribution in [0.3, 0.4) is 0 Å². The molecule has 0 unspecified atom stereocenters. The molecule has 0 saturated carbocycles. The molecule has 2 heterocycles. The predicted molar refractivity (Wildman–Crippen MR) is 114 cm³/mol. The van der Waals surface area contributed by atoms with Crippen molar-refractivity contribution in [1.29, 1.82) is 0 Å². The summed E-state index contributed by atoms with van der Waals surface area (Å²) in [7, 11) is 1.81. The predicted octanol–water partition coefficient (Wildman–Crippen LogP) is 2.85. The molecule has 1 N–H and O–H groups in total. The van der Waals surface area contributed by atoms with Gasteiger partial charge in [-0.05, 0) is 52.8 Å². The number of hydrogen-bond acceptors (Lipinski definition) is 5. The van der Waals surface area contributed by atoms with E-state index in [4.69, 9.17) is 4.98 Å². The Morgan fingerprint density at radius 3 is 2.54 bits per heavy atom. The van der Waals surface area contributed by atoms with Gasteiger partial charge in [-0.2, -0.15) is 0 Å². The lowest BCUT2D eigenvalue weighted by Crippen LogP contribution is -2.48. The van der Waals surface area contributed by atoms with Gasteiger partial charge in [0.15, 0.2) is 0 Å². The van der Waals surface area contributed by atoms with E-state index in [1.165, 1.54) is 9.71 Å². The molecule has 0 bridgehead atoms. The van der Waals surface area contributed by atoms with Crippen molar-refractivity contribution >= 4 is 33.4 Å². The number of benzene rings is 1. The fourth-order valence-corrected chi connectivity index (χ4v) is 4.67. The molecule has 0 aliphatic carbocycles. The van der Waals surface area contributed by atoms with E-state index in [9.17, 15) is 9.59 Å². The summed E-state index contributed by atoms with van der Waals surface area (Å²) in [6, 6.07) is 8.23. The van der Waals surface area contributed by atoms with E-state index in [-0.39, 0.29) is 30.4 Å². The van der Waals surface area contributed by atoms with Gasteiger partial charge in [0, 0.05) is 24.5 Å². The number of likely N-dealkylation sites (N-methyl/N-ethyl adjacent to an activating group) is 1. The minimum atomic E-state index is -0.259. The Balaban J connectivity index is 1.47. The van der Waals surface area contributed by atoms with Crippen LogP contribution in [0.15, 0.2) is 24.3 Å². The monoisotopic (exact) mass is 402 g/mol. The van der Waals surface area contributed by atoms with E-state index >= 15 is 0 Å². The van der Waals surface area contributed by atoms with Crippen LogP contribution in [0.25, 0.3) is 10.2 Å². The number of aromatic nitrogens is 1. The molecule has 1 fully saturated rings. The second kappa shape index (κ2) is 8.57. The third-order valence-electron chi connectivity index (χ3n) is 4.84. The van der Waals surface area contributed by atoms with Gasteiger partial charge in [-0.25, -0.2) is 4.98 Å². The molecule has 6 nitrogen and oxygen atoms in total. The smallest absolute Gasteiger partial charge is 0.236 e. The number of nitrogens with zero attached hydrogens (tertiary/aromatic N) is 3. The molecule has 1 aromatic heterocycles. The average Bonchev–Trinajstić information content (AvgIpc) is 3.04. The molecular formula is C21H30N4O2S. The van der Waals surface area contributed by atoms with Crippen LogP contribution in [0.2, 0.25) is 0 Å². The molecule has 2 aromatic rings. The number of nitrogens with one attached hydrogen (secondary N) is 1. The highest BCUT2D eigenvalue weighted by molar-refractivity contribution is 7.18. The van der Waals surface area contributed by atoms with Gasteiger partial charge in [-0.1, -0.05) is 12.1 Å². The Hall–Kier alpha value is -1.99. The maximum absolute atomic E-state index is 12.6. The van der Waals surface area contributed by atoms with Gasteiger partial charge in [0.1, 0.15) is 0 Å². The highest BCUT2D eigenvalue weighted by Crippen LogP contribution is 2.33. The number of amides is 2. The number of carbonyl (C=O) groups is 2. The van der Waals surface area contributed by atoms with E-state index in [0.29, 0.717) is 5.92 Å². The van der Waals surface area contributed by atoms with Crippen molar-refractivity contribution in [3.05, 3.63) is 29.3 Å². The van der Waals surface area contributed by atoms with Crippen LogP contribution in [0.1, 0.15) is 44.5 Å². The molecule has 1 saturated heterocycles. The Kier molecular flexibility index (Phi) is 6.35. The first-order valence-electron chi connectivity index (χ1n) is 9.84. The number of rotatable bonds is 5. The van der Waals surface area contributed by atoms with Gasteiger partial charge >= 0.3 is 0 Å². The van der Waals surface area contributed by atoms with Crippen LogP contribution >= 0.6 is 11.3 Å². The Labute approximate surface area is 170 Å². The Morgan fingerprint density at radius 2 is 1.89 bits per heavy atom. The molecule has 28 heavy (non-hydrogen) atoms.